The summed E-state index contributed by atoms with van der Waals surface area (Å²) in [5.74, 6) is -0.384. The molecular weight excluding hydrogens is 264 g/mol. The van der Waals surface area contributed by atoms with Crippen LogP contribution in [0.2, 0.25) is 5.02 Å². The van der Waals surface area contributed by atoms with Crippen LogP contribution >= 0.6 is 11.6 Å². The molecule has 0 saturated heterocycles. The van der Waals surface area contributed by atoms with E-state index in [2.05, 4.69) is 0 Å². The number of esters is 1. The van der Waals surface area contributed by atoms with Gasteiger partial charge in [0.2, 0.25) is 0 Å². The van der Waals surface area contributed by atoms with Gasteiger partial charge in [-0.2, -0.15) is 0 Å². The number of halogens is 1. The van der Waals surface area contributed by atoms with Crippen LogP contribution in [0.3, 0.4) is 0 Å². The zero-order valence-electron chi connectivity index (χ0n) is 11.5. The lowest BCUT2D eigenvalue weighted by atomic mass is 10.1. The Morgan fingerprint density at radius 3 is 2.63 bits per heavy atom. The van der Waals surface area contributed by atoms with Crippen molar-refractivity contribution in [3.8, 4) is 0 Å². The highest BCUT2D eigenvalue weighted by Crippen LogP contribution is 2.22. The van der Waals surface area contributed by atoms with Crippen molar-refractivity contribution in [3.63, 3.8) is 0 Å². The number of carbonyl (C=O) groups is 1. The van der Waals surface area contributed by atoms with Crippen molar-refractivity contribution in [1.29, 1.82) is 0 Å². The smallest absolute Gasteiger partial charge is 0.331 e. The SMILES string of the molecule is C/C(=C/C(=O)OCCOC(C)C)c1ccccc1Cl. The predicted molar refractivity (Wildman–Crippen MR) is 77.2 cm³/mol. The summed E-state index contributed by atoms with van der Waals surface area (Å²) in [4.78, 5) is 11.6. The number of benzene rings is 1. The van der Waals surface area contributed by atoms with Gasteiger partial charge in [-0.25, -0.2) is 4.79 Å². The van der Waals surface area contributed by atoms with Crippen molar-refractivity contribution < 1.29 is 14.3 Å². The van der Waals surface area contributed by atoms with Crippen molar-refractivity contribution in [2.45, 2.75) is 26.9 Å². The molecule has 1 rings (SSSR count). The molecule has 3 nitrogen and oxygen atoms in total. The number of hydrogen-bond donors (Lipinski definition) is 0. The summed E-state index contributed by atoms with van der Waals surface area (Å²) in [6.07, 6.45) is 1.58. The van der Waals surface area contributed by atoms with Gasteiger partial charge >= 0.3 is 5.97 Å². The second-order valence-electron chi connectivity index (χ2n) is 4.39. The van der Waals surface area contributed by atoms with Crippen LogP contribution in [-0.2, 0) is 14.3 Å². The summed E-state index contributed by atoms with van der Waals surface area (Å²) < 4.78 is 10.3. The fourth-order valence-corrected chi connectivity index (χ4v) is 1.79. The number of allylic oxidation sites excluding steroid dienone is 1. The van der Waals surface area contributed by atoms with Crippen molar-refractivity contribution in [2.75, 3.05) is 13.2 Å². The van der Waals surface area contributed by atoms with Gasteiger partial charge in [0.15, 0.2) is 0 Å². The van der Waals surface area contributed by atoms with Crippen LogP contribution < -0.4 is 0 Å². The van der Waals surface area contributed by atoms with E-state index in [1.54, 1.807) is 6.07 Å². The molecule has 0 heterocycles. The van der Waals surface area contributed by atoms with E-state index < -0.39 is 0 Å². The Kier molecular flexibility index (Phi) is 6.60. The van der Waals surface area contributed by atoms with E-state index in [1.165, 1.54) is 6.08 Å². The third-order valence-corrected chi connectivity index (χ3v) is 2.74. The van der Waals surface area contributed by atoms with Gasteiger partial charge in [0.25, 0.3) is 0 Å². The van der Waals surface area contributed by atoms with Crippen LogP contribution in [0.15, 0.2) is 30.3 Å². The highest BCUT2D eigenvalue weighted by atomic mass is 35.5. The number of hydrogen-bond acceptors (Lipinski definition) is 3. The first-order valence-electron chi connectivity index (χ1n) is 6.22. The Morgan fingerprint density at radius 1 is 1.32 bits per heavy atom. The highest BCUT2D eigenvalue weighted by molar-refractivity contribution is 6.32. The van der Waals surface area contributed by atoms with Crippen LogP contribution in [0.25, 0.3) is 5.57 Å². The maximum absolute atomic E-state index is 11.6. The molecule has 0 amide bonds. The van der Waals surface area contributed by atoms with Crippen molar-refractivity contribution >= 4 is 23.1 Å². The molecule has 19 heavy (non-hydrogen) atoms. The molecule has 0 aromatic heterocycles. The molecule has 0 spiro atoms. The maximum Gasteiger partial charge on any atom is 0.331 e. The van der Waals surface area contributed by atoms with Crippen molar-refractivity contribution in [1.82, 2.24) is 0 Å². The maximum atomic E-state index is 11.6. The minimum absolute atomic E-state index is 0.138. The molecule has 0 aliphatic carbocycles. The van der Waals surface area contributed by atoms with E-state index in [-0.39, 0.29) is 18.7 Å². The molecular formula is C15H19ClO3. The van der Waals surface area contributed by atoms with Gasteiger partial charge in [0, 0.05) is 11.1 Å². The standard InChI is InChI=1S/C15H19ClO3/c1-11(2)18-8-9-19-15(17)10-12(3)13-6-4-5-7-14(13)16/h4-7,10-11H,8-9H2,1-3H3/b12-10-. The van der Waals surface area contributed by atoms with Gasteiger partial charge in [-0.05, 0) is 38.0 Å². The molecule has 104 valence electrons. The van der Waals surface area contributed by atoms with Crippen LogP contribution in [0.1, 0.15) is 26.3 Å². The number of ether oxygens (including phenoxy) is 2. The Hall–Kier alpha value is -1.32. The van der Waals surface area contributed by atoms with Gasteiger partial charge < -0.3 is 9.47 Å². The molecule has 0 atom stereocenters. The number of carbonyl (C=O) groups excluding carboxylic acids is 1. The summed E-state index contributed by atoms with van der Waals surface area (Å²) in [7, 11) is 0. The largest absolute Gasteiger partial charge is 0.460 e. The second-order valence-corrected chi connectivity index (χ2v) is 4.80. The van der Waals surface area contributed by atoms with E-state index in [9.17, 15) is 4.79 Å². The van der Waals surface area contributed by atoms with E-state index in [0.717, 1.165) is 11.1 Å². The minimum atomic E-state index is -0.384. The summed E-state index contributed by atoms with van der Waals surface area (Å²) >= 11 is 6.05. The molecule has 0 fully saturated rings. The third-order valence-electron chi connectivity index (χ3n) is 2.41. The normalized spacial score (nSPS) is 11.7. The average molecular weight is 283 g/mol. The first kappa shape index (κ1) is 15.7. The monoisotopic (exact) mass is 282 g/mol. The van der Waals surface area contributed by atoms with Crippen LogP contribution in [0.4, 0.5) is 0 Å². The van der Waals surface area contributed by atoms with Crippen LogP contribution in [-0.4, -0.2) is 25.3 Å². The summed E-state index contributed by atoms with van der Waals surface area (Å²) in [5, 5.41) is 0.618. The lowest BCUT2D eigenvalue weighted by Gasteiger charge is -2.08. The zero-order chi connectivity index (χ0) is 14.3. The molecule has 0 saturated carbocycles. The molecule has 0 aliphatic heterocycles. The first-order valence-corrected chi connectivity index (χ1v) is 6.60. The average Bonchev–Trinajstić information content (AvgIpc) is 2.35. The summed E-state index contributed by atoms with van der Waals surface area (Å²) in [5.41, 5.74) is 1.61. The van der Waals surface area contributed by atoms with Gasteiger partial charge in [0.05, 0.1) is 12.7 Å². The van der Waals surface area contributed by atoms with Crippen LogP contribution in [0.5, 0.6) is 0 Å². The predicted octanol–water partition coefficient (Wildman–Crippen LogP) is 3.71. The highest BCUT2D eigenvalue weighted by Gasteiger charge is 2.05. The molecule has 0 radical (unpaired) electrons. The fraction of sp³-hybridized carbons (Fsp3) is 0.400. The Bertz CT molecular complexity index is 452. The topological polar surface area (TPSA) is 35.5 Å². The molecule has 1 aromatic carbocycles. The fourth-order valence-electron chi connectivity index (χ4n) is 1.50. The van der Waals surface area contributed by atoms with E-state index in [4.69, 9.17) is 21.1 Å². The Balaban J connectivity index is 2.50. The van der Waals surface area contributed by atoms with Gasteiger partial charge in [-0.3, -0.25) is 0 Å². The van der Waals surface area contributed by atoms with E-state index in [1.807, 2.05) is 39.0 Å². The second kappa shape index (κ2) is 7.97. The molecule has 0 bridgehead atoms. The summed E-state index contributed by atoms with van der Waals surface area (Å²) in [6, 6.07) is 7.38. The van der Waals surface area contributed by atoms with Gasteiger partial charge in [-0.1, -0.05) is 29.8 Å². The van der Waals surface area contributed by atoms with Crippen molar-refractivity contribution in [3.05, 3.63) is 40.9 Å². The van der Waals surface area contributed by atoms with Crippen LogP contribution in [0, 0.1) is 0 Å². The minimum Gasteiger partial charge on any atom is -0.460 e. The van der Waals surface area contributed by atoms with Gasteiger partial charge in [-0.15, -0.1) is 0 Å². The quantitative estimate of drug-likeness (QED) is 0.453. The Labute approximate surface area is 119 Å². The zero-order valence-corrected chi connectivity index (χ0v) is 12.2. The van der Waals surface area contributed by atoms with Crippen molar-refractivity contribution in [2.24, 2.45) is 0 Å². The third kappa shape index (κ3) is 5.90. The summed E-state index contributed by atoms with van der Waals surface area (Å²) in [6.45, 7) is 6.35. The van der Waals surface area contributed by atoms with Gasteiger partial charge in [0.1, 0.15) is 6.61 Å². The van der Waals surface area contributed by atoms with E-state index in [0.29, 0.717) is 11.6 Å². The molecule has 4 heteroatoms. The first-order chi connectivity index (χ1) is 9.00. The number of rotatable bonds is 6. The lowest BCUT2D eigenvalue weighted by molar-refractivity contribution is -0.139. The molecule has 1 aromatic rings. The van der Waals surface area contributed by atoms with E-state index >= 15 is 0 Å². The molecule has 0 N–H and O–H groups in total. The Morgan fingerprint density at radius 2 is 2.00 bits per heavy atom. The molecule has 0 unspecified atom stereocenters. The lowest BCUT2D eigenvalue weighted by Crippen LogP contribution is -2.12. The molecule has 0 aliphatic rings.